The van der Waals surface area contributed by atoms with Gasteiger partial charge in [-0.2, -0.15) is 5.10 Å². The van der Waals surface area contributed by atoms with Crippen molar-refractivity contribution in [1.29, 1.82) is 0 Å². The Kier molecular flexibility index (Phi) is 6.17. The van der Waals surface area contributed by atoms with Gasteiger partial charge in [0.2, 0.25) is 0 Å². The smallest absolute Gasteiger partial charge is 0.151 e. The number of benzene rings is 1. The molecular formula is C26H25Cl2N9O. The van der Waals surface area contributed by atoms with Gasteiger partial charge in [0.25, 0.3) is 0 Å². The quantitative estimate of drug-likeness (QED) is 0.307. The van der Waals surface area contributed by atoms with Crippen LogP contribution in [0.25, 0.3) is 22.3 Å². The van der Waals surface area contributed by atoms with E-state index in [-0.39, 0.29) is 11.6 Å². The minimum atomic E-state index is -0.381. The fraction of sp³-hybridized carbons (Fsp3) is 0.269. The van der Waals surface area contributed by atoms with Crippen LogP contribution in [0.2, 0.25) is 10.0 Å². The number of H-pyrrole nitrogens is 1. The van der Waals surface area contributed by atoms with Crippen molar-refractivity contribution in [3.05, 3.63) is 76.6 Å². The summed E-state index contributed by atoms with van der Waals surface area (Å²) in [5.74, 6) is 1.43. The van der Waals surface area contributed by atoms with Crippen molar-refractivity contribution in [3.63, 3.8) is 0 Å². The third kappa shape index (κ3) is 4.55. The Morgan fingerprint density at radius 3 is 2.55 bits per heavy atom. The van der Waals surface area contributed by atoms with Gasteiger partial charge >= 0.3 is 0 Å². The van der Waals surface area contributed by atoms with Crippen molar-refractivity contribution < 1.29 is 4.74 Å². The van der Waals surface area contributed by atoms with Crippen LogP contribution in [0.4, 0.5) is 5.82 Å². The van der Waals surface area contributed by atoms with E-state index in [4.69, 9.17) is 33.7 Å². The molecule has 0 spiro atoms. The highest BCUT2D eigenvalue weighted by molar-refractivity contribution is 6.35. The highest BCUT2D eigenvalue weighted by Crippen LogP contribution is 2.35. The Hall–Kier alpha value is -3.73. The molecule has 4 aromatic heterocycles. The fourth-order valence-electron chi connectivity index (χ4n) is 4.86. The van der Waals surface area contributed by atoms with Crippen LogP contribution in [0.5, 0.6) is 5.75 Å². The number of nitrogens with one attached hydrogen (secondary N) is 1. The number of ether oxygens (including phenoxy) is 1. The Balaban J connectivity index is 1.18. The number of aromatic amines is 1. The third-order valence-corrected chi connectivity index (χ3v) is 7.42. The van der Waals surface area contributed by atoms with Gasteiger partial charge in [-0.3, -0.25) is 10.1 Å². The second-order valence-corrected chi connectivity index (χ2v) is 10.5. The second kappa shape index (κ2) is 9.54. The van der Waals surface area contributed by atoms with Crippen LogP contribution < -0.4 is 15.4 Å². The molecule has 1 aromatic carbocycles. The molecule has 1 atom stereocenters. The molecule has 3 N–H and O–H groups in total. The number of halogens is 2. The number of imidazole rings is 1. The van der Waals surface area contributed by atoms with E-state index in [1.807, 2.05) is 55.1 Å². The summed E-state index contributed by atoms with van der Waals surface area (Å²) in [5.41, 5.74) is 10.3. The molecule has 0 saturated carbocycles. The van der Waals surface area contributed by atoms with Gasteiger partial charge in [0.05, 0.1) is 27.4 Å². The Morgan fingerprint density at radius 1 is 1.08 bits per heavy atom. The van der Waals surface area contributed by atoms with E-state index in [2.05, 4.69) is 35.3 Å². The van der Waals surface area contributed by atoms with Gasteiger partial charge in [0.15, 0.2) is 5.82 Å². The lowest BCUT2D eigenvalue weighted by molar-refractivity contribution is 0.227. The fourth-order valence-corrected chi connectivity index (χ4v) is 5.53. The number of anilines is 1. The van der Waals surface area contributed by atoms with E-state index in [0.29, 0.717) is 45.8 Å². The first-order valence-electron chi connectivity index (χ1n) is 12.1. The molecule has 194 valence electrons. The van der Waals surface area contributed by atoms with Crippen molar-refractivity contribution in [3.8, 4) is 17.1 Å². The van der Waals surface area contributed by atoms with E-state index in [1.54, 1.807) is 18.7 Å². The van der Waals surface area contributed by atoms with Gasteiger partial charge in [-0.25, -0.2) is 4.98 Å². The number of hydrogen-bond acceptors (Lipinski definition) is 8. The summed E-state index contributed by atoms with van der Waals surface area (Å²) in [5, 5.41) is 18.2. The van der Waals surface area contributed by atoms with Crippen LogP contribution in [0.1, 0.15) is 24.3 Å². The van der Waals surface area contributed by atoms with Crippen molar-refractivity contribution in [2.24, 2.45) is 12.8 Å². The summed E-state index contributed by atoms with van der Waals surface area (Å²) in [6.07, 6.45) is 7.13. The zero-order valence-electron chi connectivity index (χ0n) is 20.8. The molecule has 1 fully saturated rings. The molecule has 12 heteroatoms. The summed E-state index contributed by atoms with van der Waals surface area (Å²) < 4.78 is 8.17. The predicted molar refractivity (Wildman–Crippen MR) is 146 cm³/mol. The number of nitrogens with two attached hydrogens (primary N) is 1. The van der Waals surface area contributed by atoms with E-state index < -0.39 is 0 Å². The third-order valence-electron chi connectivity index (χ3n) is 6.82. The number of rotatable bonds is 7. The molecular weight excluding hydrogens is 525 g/mol. The second-order valence-electron chi connectivity index (χ2n) is 9.72. The first-order chi connectivity index (χ1) is 18.3. The van der Waals surface area contributed by atoms with Crippen LogP contribution in [-0.2, 0) is 13.5 Å². The van der Waals surface area contributed by atoms with Gasteiger partial charge in [-0.1, -0.05) is 23.2 Å². The maximum atomic E-state index is 6.59. The average Bonchev–Trinajstić information content (AvgIpc) is 3.48. The normalized spacial score (nSPS) is 15.4. The lowest BCUT2D eigenvalue weighted by atomic mass is 9.86. The number of pyridine rings is 1. The molecule has 0 unspecified atom stereocenters. The van der Waals surface area contributed by atoms with Crippen LogP contribution in [0.15, 0.2) is 55.2 Å². The van der Waals surface area contributed by atoms with E-state index >= 15 is 0 Å². The summed E-state index contributed by atoms with van der Waals surface area (Å²) in [6, 6.07) is 9.56. The monoisotopic (exact) mass is 549 g/mol. The Bertz CT molecular complexity index is 1590. The number of nitrogens with zero attached hydrogens (tertiary/aromatic N) is 7. The van der Waals surface area contributed by atoms with Gasteiger partial charge in [0, 0.05) is 61.8 Å². The summed E-state index contributed by atoms with van der Waals surface area (Å²) in [6.45, 7) is 3.28. The minimum absolute atomic E-state index is 0.315. The average molecular weight is 550 g/mol. The first kappa shape index (κ1) is 24.6. The molecule has 10 nitrogen and oxygen atoms in total. The standard InChI is InChI=1S/C26H25Cl2N9O/c1-15(24-19(27)10-30-11-20(24)28)38-17-3-4-21-18(7-17)25(35-32-21)22-5-6-23(34-33-22)37-12-26(29,13-37)8-16-9-31-14-36(16)2/h3-7,9-11,14-15H,8,12-13,29H2,1-2H3,(H,32,35)/t15-/m1/s1. The van der Waals surface area contributed by atoms with Crippen LogP contribution in [0.3, 0.4) is 0 Å². The molecule has 0 bridgehead atoms. The molecule has 5 heterocycles. The summed E-state index contributed by atoms with van der Waals surface area (Å²) in [4.78, 5) is 10.3. The molecule has 38 heavy (non-hydrogen) atoms. The first-order valence-corrected chi connectivity index (χ1v) is 12.8. The van der Waals surface area contributed by atoms with Crippen LogP contribution >= 0.6 is 23.2 Å². The lowest BCUT2D eigenvalue weighted by Gasteiger charge is -2.48. The van der Waals surface area contributed by atoms with Gasteiger partial charge in [-0.05, 0) is 37.3 Å². The largest absolute Gasteiger partial charge is 0.486 e. The highest BCUT2D eigenvalue weighted by atomic mass is 35.5. The SMILES string of the molecule is C[C@@H](Oc1ccc2[nH]nc(-c3ccc(N4CC(N)(Cc5cncn5C)C4)nn3)c2c1)c1c(Cl)cncc1Cl. The zero-order chi connectivity index (χ0) is 26.4. The van der Waals surface area contributed by atoms with Crippen molar-refractivity contribution in [1.82, 2.24) is 34.9 Å². The topological polar surface area (TPSA) is 124 Å². The summed E-state index contributed by atoms with van der Waals surface area (Å²) in [7, 11) is 1.98. The van der Waals surface area contributed by atoms with E-state index in [1.165, 1.54) is 0 Å². The van der Waals surface area contributed by atoms with E-state index in [9.17, 15) is 0 Å². The van der Waals surface area contributed by atoms with Crippen LogP contribution in [0, 0.1) is 0 Å². The minimum Gasteiger partial charge on any atom is -0.486 e. The molecule has 5 aromatic rings. The van der Waals surface area contributed by atoms with Crippen molar-refractivity contribution >= 4 is 39.9 Å². The lowest BCUT2D eigenvalue weighted by Crippen LogP contribution is -2.69. The van der Waals surface area contributed by atoms with Gasteiger partial charge in [-0.15, -0.1) is 10.2 Å². The number of fused-ring (bicyclic) bond motifs is 1. The van der Waals surface area contributed by atoms with Gasteiger partial charge in [0.1, 0.15) is 23.2 Å². The molecule has 0 amide bonds. The number of aryl methyl sites for hydroxylation is 1. The molecule has 1 saturated heterocycles. The molecule has 1 aliphatic rings. The molecule has 0 radical (unpaired) electrons. The predicted octanol–water partition coefficient (Wildman–Crippen LogP) is 4.36. The van der Waals surface area contributed by atoms with E-state index in [0.717, 1.165) is 28.8 Å². The maximum absolute atomic E-state index is 6.59. The Morgan fingerprint density at radius 2 is 1.87 bits per heavy atom. The van der Waals surface area contributed by atoms with Gasteiger partial charge < -0.3 is 19.9 Å². The Labute approximate surface area is 228 Å². The number of aromatic nitrogens is 7. The number of hydrogen-bond donors (Lipinski definition) is 2. The molecule has 1 aliphatic heterocycles. The van der Waals surface area contributed by atoms with Crippen LogP contribution in [-0.4, -0.2) is 53.6 Å². The van der Waals surface area contributed by atoms with Crippen molar-refractivity contribution in [2.45, 2.75) is 25.0 Å². The molecule has 0 aliphatic carbocycles. The zero-order valence-corrected chi connectivity index (χ0v) is 22.3. The molecule has 6 rings (SSSR count). The van der Waals surface area contributed by atoms with Crippen molar-refractivity contribution in [2.75, 3.05) is 18.0 Å². The summed E-state index contributed by atoms with van der Waals surface area (Å²) >= 11 is 12.6. The maximum Gasteiger partial charge on any atom is 0.151 e. The highest BCUT2D eigenvalue weighted by Gasteiger charge is 2.41.